The molecule has 2 aromatic rings. The number of halogens is 1. The van der Waals surface area contributed by atoms with Gasteiger partial charge in [0.05, 0.1) is 10.7 Å². The maximum absolute atomic E-state index is 12.3. The molecule has 2 unspecified atom stereocenters. The molecule has 0 heterocycles. The molecule has 0 aliphatic heterocycles. The molecule has 5 nitrogen and oxygen atoms in total. The van der Waals surface area contributed by atoms with E-state index in [1.807, 2.05) is 30.3 Å². The van der Waals surface area contributed by atoms with Gasteiger partial charge in [-0.1, -0.05) is 48.0 Å². The van der Waals surface area contributed by atoms with E-state index in [-0.39, 0.29) is 5.91 Å². The van der Waals surface area contributed by atoms with Gasteiger partial charge < -0.3 is 10.6 Å². The standard InChI is InChI=1S/C20H21ClN2O3S/c1-14(22-19(24)11-9-15-6-4-3-5-7-15)20(25)23-18-12-16(13-27(2)26)8-10-17(18)21/h3-12,14H,13H2,1-2H3,(H,22,24)(H,23,25)/b11-9+. The van der Waals surface area contributed by atoms with Gasteiger partial charge in [-0.15, -0.1) is 0 Å². The normalized spacial score (nSPS) is 13.1. The van der Waals surface area contributed by atoms with Gasteiger partial charge >= 0.3 is 0 Å². The SMILES string of the molecule is CC(NC(=O)/C=C/c1ccccc1)C(=O)Nc1cc(CS(C)=O)ccc1Cl. The highest BCUT2D eigenvalue weighted by atomic mass is 35.5. The minimum atomic E-state index is -0.999. The number of hydrogen-bond donors (Lipinski definition) is 2. The first kappa shape index (κ1) is 20.9. The average molecular weight is 405 g/mol. The molecule has 0 radical (unpaired) electrons. The molecule has 2 aromatic carbocycles. The van der Waals surface area contributed by atoms with E-state index < -0.39 is 22.7 Å². The van der Waals surface area contributed by atoms with Crippen LogP contribution in [-0.4, -0.2) is 28.3 Å². The molecule has 27 heavy (non-hydrogen) atoms. The van der Waals surface area contributed by atoms with Crippen LogP contribution >= 0.6 is 11.6 Å². The Bertz CT molecular complexity index is 869. The Kier molecular flexibility index (Phi) is 7.76. The molecule has 2 N–H and O–H groups in total. The molecule has 2 atom stereocenters. The lowest BCUT2D eigenvalue weighted by Gasteiger charge is -2.14. The summed E-state index contributed by atoms with van der Waals surface area (Å²) in [5.41, 5.74) is 2.12. The van der Waals surface area contributed by atoms with E-state index in [4.69, 9.17) is 11.6 Å². The van der Waals surface area contributed by atoms with Crippen LogP contribution in [-0.2, 0) is 26.1 Å². The lowest BCUT2D eigenvalue weighted by molar-refractivity contribution is -0.123. The molecule has 2 amide bonds. The van der Waals surface area contributed by atoms with Crippen LogP contribution in [0.1, 0.15) is 18.1 Å². The molecule has 0 fully saturated rings. The largest absolute Gasteiger partial charge is 0.341 e. The number of carbonyl (C=O) groups excluding carboxylic acids is 2. The van der Waals surface area contributed by atoms with E-state index >= 15 is 0 Å². The molecule has 0 aliphatic carbocycles. The van der Waals surface area contributed by atoms with Crippen molar-refractivity contribution in [1.82, 2.24) is 5.32 Å². The van der Waals surface area contributed by atoms with Gasteiger partial charge in [-0.25, -0.2) is 0 Å². The van der Waals surface area contributed by atoms with Gasteiger partial charge in [-0.05, 0) is 36.3 Å². The van der Waals surface area contributed by atoms with Crippen LogP contribution in [0.5, 0.6) is 0 Å². The zero-order valence-electron chi connectivity index (χ0n) is 15.1. The summed E-state index contributed by atoms with van der Waals surface area (Å²) in [6.07, 6.45) is 4.65. The first-order valence-electron chi connectivity index (χ1n) is 8.28. The fourth-order valence-electron chi connectivity index (χ4n) is 2.30. The third-order valence-electron chi connectivity index (χ3n) is 3.64. The lowest BCUT2D eigenvalue weighted by atomic mass is 10.2. The van der Waals surface area contributed by atoms with Crippen molar-refractivity contribution >= 4 is 46.0 Å². The lowest BCUT2D eigenvalue weighted by Crippen LogP contribution is -2.40. The van der Waals surface area contributed by atoms with Crippen LogP contribution in [0.4, 0.5) is 5.69 Å². The molecule has 142 valence electrons. The third kappa shape index (κ3) is 7.00. The first-order chi connectivity index (χ1) is 12.8. The van der Waals surface area contributed by atoms with Crippen molar-refractivity contribution < 1.29 is 13.8 Å². The van der Waals surface area contributed by atoms with Crippen molar-refractivity contribution in [1.29, 1.82) is 0 Å². The van der Waals surface area contributed by atoms with Gasteiger partial charge in [0.15, 0.2) is 0 Å². The van der Waals surface area contributed by atoms with E-state index in [1.54, 1.807) is 37.5 Å². The van der Waals surface area contributed by atoms with Gasteiger partial charge in [-0.3, -0.25) is 13.8 Å². The molecule has 0 aromatic heterocycles. The fraction of sp³-hybridized carbons (Fsp3) is 0.200. The van der Waals surface area contributed by atoms with Crippen LogP contribution in [0.3, 0.4) is 0 Å². The van der Waals surface area contributed by atoms with Gasteiger partial charge in [0.25, 0.3) is 0 Å². The smallest absolute Gasteiger partial charge is 0.246 e. The highest BCUT2D eigenvalue weighted by Gasteiger charge is 2.16. The van der Waals surface area contributed by atoms with Crippen molar-refractivity contribution in [2.24, 2.45) is 0 Å². The topological polar surface area (TPSA) is 75.3 Å². The van der Waals surface area contributed by atoms with Crippen molar-refractivity contribution in [2.75, 3.05) is 11.6 Å². The minimum absolute atomic E-state index is 0.372. The van der Waals surface area contributed by atoms with E-state index in [1.165, 1.54) is 6.08 Å². The molecular formula is C20H21ClN2O3S. The Hall–Kier alpha value is -2.44. The van der Waals surface area contributed by atoms with Gasteiger partial charge in [-0.2, -0.15) is 0 Å². The Morgan fingerprint density at radius 1 is 1.19 bits per heavy atom. The molecule has 0 bridgehead atoms. The summed E-state index contributed by atoms with van der Waals surface area (Å²) in [4.78, 5) is 24.3. The van der Waals surface area contributed by atoms with Crippen LogP contribution in [0, 0.1) is 0 Å². The number of hydrogen-bond acceptors (Lipinski definition) is 3. The second-order valence-electron chi connectivity index (χ2n) is 6.00. The number of anilines is 1. The van der Waals surface area contributed by atoms with E-state index in [0.717, 1.165) is 11.1 Å². The highest BCUT2D eigenvalue weighted by Crippen LogP contribution is 2.23. The summed E-state index contributed by atoms with van der Waals surface area (Å²) in [6, 6.07) is 13.7. The molecule has 2 rings (SSSR count). The van der Waals surface area contributed by atoms with Crippen molar-refractivity contribution in [3.8, 4) is 0 Å². The van der Waals surface area contributed by atoms with Crippen LogP contribution < -0.4 is 10.6 Å². The molecule has 0 saturated carbocycles. The number of nitrogens with one attached hydrogen (secondary N) is 2. The second kappa shape index (κ2) is 10.0. The minimum Gasteiger partial charge on any atom is -0.341 e. The van der Waals surface area contributed by atoms with Crippen LogP contribution in [0.2, 0.25) is 5.02 Å². The van der Waals surface area contributed by atoms with Crippen molar-refractivity contribution in [3.05, 3.63) is 70.8 Å². The summed E-state index contributed by atoms with van der Waals surface area (Å²) in [5.74, 6) is -0.396. The number of rotatable bonds is 7. The van der Waals surface area contributed by atoms with Crippen molar-refractivity contribution in [2.45, 2.75) is 18.7 Å². The fourth-order valence-corrected chi connectivity index (χ4v) is 3.11. The zero-order chi connectivity index (χ0) is 19.8. The predicted octanol–water partition coefficient (Wildman–Crippen LogP) is 3.38. The predicted molar refractivity (Wildman–Crippen MR) is 111 cm³/mol. The summed E-state index contributed by atoms with van der Waals surface area (Å²) < 4.78 is 11.4. The average Bonchev–Trinajstić information content (AvgIpc) is 2.63. The number of amides is 2. The van der Waals surface area contributed by atoms with Crippen molar-refractivity contribution in [3.63, 3.8) is 0 Å². The second-order valence-corrected chi connectivity index (χ2v) is 7.84. The Morgan fingerprint density at radius 2 is 1.89 bits per heavy atom. The molecule has 7 heteroatoms. The highest BCUT2D eigenvalue weighted by molar-refractivity contribution is 7.83. The first-order valence-corrected chi connectivity index (χ1v) is 10.4. The summed E-state index contributed by atoms with van der Waals surface area (Å²) in [6.45, 7) is 1.59. The van der Waals surface area contributed by atoms with Gasteiger partial charge in [0, 0.05) is 28.9 Å². The third-order valence-corrected chi connectivity index (χ3v) is 4.71. The molecule has 0 aliphatic rings. The zero-order valence-corrected chi connectivity index (χ0v) is 16.6. The van der Waals surface area contributed by atoms with E-state index in [0.29, 0.717) is 16.5 Å². The number of benzene rings is 2. The monoisotopic (exact) mass is 404 g/mol. The van der Waals surface area contributed by atoms with Crippen LogP contribution in [0.25, 0.3) is 6.08 Å². The molecular weight excluding hydrogens is 384 g/mol. The summed E-state index contributed by atoms with van der Waals surface area (Å²) in [5, 5.41) is 5.67. The molecule has 0 saturated heterocycles. The van der Waals surface area contributed by atoms with Gasteiger partial charge in [0.1, 0.15) is 6.04 Å². The van der Waals surface area contributed by atoms with Crippen LogP contribution in [0.15, 0.2) is 54.6 Å². The van der Waals surface area contributed by atoms with E-state index in [9.17, 15) is 13.8 Å². The summed E-state index contributed by atoms with van der Waals surface area (Å²) >= 11 is 6.12. The quantitative estimate of drug-likeness (QED) is 0.694. The van der Waals surface area contributed by atoms with Gasteiger partial charge in [0.2, 0.25) is 11.8 Å². The summed E-state index contributed by atoms with van der Waals surface area (Å²) in [7, 11) is -0.999. The number of carbonyl (C=O) groups is 2. The Morgan fingerprint density at radius 3 is 2.56 bits per heavy atom. The Labute approximate surface area is 166 Å². The molecule has 0 spiro atoms. The Balaban J connectivity index is 1.96. The van der Waals surface area contributed by atoms with E-state index in [2.05, 4.69) is 10.6 Å². The maximum Gasteiger partial charge on any atom is 0.246 e. The maximum atomic E-state index is 12.3.